The van der Waals surface area contributed by atoms with Crippen LogP contribution in [0.15, 0.2) is 11.3 Å². The van der Waals surface area contributed by atoms with E-state index >= 15 is 0 Å². The van der Waals surface area contributed by atoms with Crippen molar-refractivity contribution in [2.24, 2.45) is 4.99 Å². The lowest BCUT2D eigenvalue weighted by molar-refractivity contribution is 0.144. The third-order valence-corrected chi connectivity index (χ3v) is 3.17. The van der Waals surface area contributed by atoms with Gasteiger partial charge >= 0.3 is 0 Å². The number of hydrogen-bond donors (Lipinski definition) is 2. The fourth-order valence-electron chi connectivity index (χ4n) is 2.03. The van der Waals surface area contributed by atoms with Crippen molar-refractivity contribution >= 4 is 5.96 Å². The summed E-state index contributed by atoms with van der Waals surface area (Å²) in [7, 11) is 0. The van der Waals surface area contributed by atoms with E-state index in [0.717, 1.165) is 70.4 Å². The highest BCUT2D eigenvalue weighted by molar-refractivity contribution is 5.79. The molecule has 126 valence electrons. The van der Waals surface area contributed by atoms with E-state index in [1.54, 1.807) is 6.33 Å². The Morgan fingerprint density at radius 1 is 1.27 bits per heavy atom. The molecule has 7 nitrogen and oxygen atoms in total. The molecule has 0 amide bonds. The first kappa shape index (κ1) is 18.4. The maximum Gasteiger partial charge on any atom is 0.191 e. The number of rotatable bonds is 11. The van der Waals surface area contributed by atoms with Crippen molar-refractivity contribution in [1.29, 1.82) is 0 Å². The van der Waals surface area contributed by atoms with Crippen LogP contribution in [0.5, 0.6) is 0 Å². The molecule has 0 bridgehead atoms. The lowest BCUT2D eigenvalue weighted by Gasteiger charge is -2.12. The zero-order valence-corrected chi connectivity index (χ0v) is 14.1. The van der Waals surface area contributed by atoms with Gasteiger partial charge in [-0.2, -0.15) is 0 Å². The Kier molecular flexibility index (Phi) is 10.0. The van der Waals surface area contributed by atoms with Crippen LogP contribution in [-0.4, -0.2) is 53.6 Å². The molecule has 1 rings (SSSR count). The van der Waals surface area contributed by atoms with E-state index in [-0.39, 0.29) is 0 Å². The van der Waals surface area contributed by atoms with Crippen LogP contribution in [-0.2, 0) is 17.7 Å². The van der Waals surface area contributed by atoms with Crippen molar-refractivity contribution in [3.63, 3.8) is 0 Å². The minimum absolute atomic E-state index is 0.788. The average molecular weight is 310 g/mol. The first-order chi connectivity index (χ1) is 10.8. The molecular formula is C15H30N6O. The summed E-state index contributed by atoms with van der Waals surface area (Å²) in [6, 6.07) is 0. The molecule has 0 saturated carbocycles. The van der Waals surface area contributed by atoms with Gasteiger partial charge in [0.1, 0.15) is 12.2 Å². The molecule has 1 aromatic heterocycles. The highest BCUT2D eigenvalue weighted by Crippen LogP contribution is 1.95. The first-order valence-corrected chi connectivity index (χ1v) is 8.28. The SMILES string of the molecule is CCNC(=NCCCCOCC)NCCn1cnnc1CC. The van der Waals surface area contributed by atoms with Crippen molar-refractivity contribution in [2.75, 3.05) is 32.8 Å². The second-order valence-corrected chi connectivity index (χ2v) is 4.89. The minimum Gasteiger partial charge on any atom is -0.382 e. The van der Waals surface area contributed by atoms with Crippen LogP contribution in [0.25, 0.3) is 0 Å². The Bertz CT molecular complexity index is 418. The normalized spacial score (nSPS) is 11.7. The molecule has 1 heterocycles. The van der Waals surface area contributed by atoms with Crippen LogP contribution in [0.3, 0.4) is 0 Å². The zero-order valence-electron chi connectivity index (χ0n) is 14.1. The summed E-state index contributed by atoms with van der Waals surface area (Å²) >= 11 is 0. The monoisotopic (exact) mass is 310 g/mol. The number of aromatic nitrogens is 3. The molecule has 0 aliphatic carbocycles. The third kappa shape index (κ3) is 7.40. The third-order valence-electron chi connectivity index (χ3n) is 3.17. The molecule has 0 aliphatic heterocycles. The smallest absolute Gasteiger partial charge is 0.191 e. The number of aryl methyl sites for hydroxylation is 1. The van der Waals surface area contributed by atoms with Gasteiger partial charge in [0.15, 0.2) is 5.96 Å². The summed E-state index contributed by atoms with van der Waals surface area (Å²) in [5.41, 5.74) is 0. The summed E-state index contributed by atoms with van der Waals surface area (Å²) < 4.78 is 7.39. The second kappa shape index (κ2) is 12.0. The number of aliphatic imine (C=N–C) groups is 1. The molecular weight excluding hydrogens is 280 g/mol. The standard InChI is InChI=1S/C15H30N6O/c1-4-14-20-19-13-21(14)11-10-18-15(16-5-2)17-9-7-8-12-22-6-3/h13H,4-12H2,1-3H3,(H2,16,17,18). The summed E-state index contributed by atoms with van der Waals surface area (Å²) in [6.07, 6.45) is 4.77. The Balaban J connectivity index is 2.27. The van der Waals surface area contributed by atoms with Gasteiger partial charge in [-0.15, -0.1) is 10.2 Å². The van der Waals surface area contributed by atoms with Crippen molar-refractivity contribution < 1.29 is 4.74 Å². The molecule has 7 heteroatoms. The fourth-order valence-corrected chi connectivity index (χ4v) is 2.03. The van der Waals surface area contributed by atoms with Crippen molar-refractivity contribution in [3.05, 3.63) is 12.2 Å². The van der Waals surface area contributed by atoms with Gasteiger partial charge in [0.05, 0.1) is 0 Å². The van der Waals surface area contributed by atoms with E-state index in [0.29, 0.717) is 0 Å². The second-order valence-electron chi connectivity index (χ2n) is 4.89. The predicted molar refractivity (Wildman–Crippen MR) is 89.1 cm³/mol. The molecule has 0 unspecified atom stereocenters. The fraction of sp³-hybridized carbons (Fsp3) is 0.800. The van der Waals surface area contributed by atoms with Crippen molar-refractivity contribution in [1.82, 2.24) is 25.4 Å². The first-order valence-electron chi connectivity index (χ1n) is 8.28. The molecule has 0 aromatic carbocycles. The van der Waals surface area contributed by atoms with E-state index in [2.05, 4.69) is 44.2 Å². The highest BCUT2D eigenvalue weighted by atomic mass is 16.5. The van der Waals surface area contributed by atoms with Gasteiger partial charge in [0.25, 0.3) is 0 Å². The van der Waals surface area contributed by atoms with E-state index in [9.17, 15) is 0 Å². The van der Waals surface area contributed by atoms with E-state index < -0.39 is 0 Å². The summed E-state index contributed by atoms with van der Waals surface area (Å²) in [4.78, 5) is 4.57. The maximum atomic E-state index is 5.32. The number of hydrogen-bond acceptors (Lipinski definition) is 4. The van der Waals surface area contributed by atoms with E-state index in [4.69, 9.17) is 4.74 Å². The number of nitrogens with zero attached hydrogens (tertiary/aromatic N) is 4. The highest BCUT2D eigenvalue weighted by Gasteiger charge is 2.02. The Hall–Kier alpha value is -1.63. The molecule has 2 N–H and O–H groups in total. The predicted octanol–water partition coefficient (Wildman–Crippen LogP) is 1.21. The van der Waals surface area contributed by atoms with Crippen LogP contribution in [0.4, 0.5) is 0 Å². The molecule has 22 heavy (non-hydrogen) atoms. The van der Waals surface area contributed by atoms with Crippen LogP contribution in [0.2, 0.25) is 0 Å². The van der Waals surface area contributed by atoms with Crippen molar-refractivity contribution in [3.8, 4) is 0 Å². The number of ether oxygens (including phenoxy) is 1. The van der Waals surface area contributed by atoms with Gasteiger partial charge in [-0.05, 0) is 26.7 Å². The summed E-state index contributed by atoms with van der Waals surface area (Å²) in [6.45, 7) is 11.1. The zero-order chi connectivity index (χ0) is 16.0. The quantitative estimate of drug-likeness (QED) is 0.365. The Labute approximate surface area is 133 Å². The topological polar surface area (TPSA) is 76.4 Å². The molecule has 0 fully saturated rings. The van der Waals surface area contributed by atoms with Crippen molar-refractivity contribution in [2.45, 2.75) is 46.6 Å². The largest absolute Gasteiger partial charge is 0.382 e. The lowest BCUT2D eigenvalue weighted by Crippen LogP contribution is -2.39. The van der Waals surface area contributed by atoms with E-state index in [1.807, 2.05) is 6.92 Å². The van der Waals surface area contributed by atoms with Gasteiger partial charge in [-0.3, -0.25) is 4.99 Å². The van der Waals surface area contributed by atoms with Gasteiger partial charge in [0.2, 0.25) is 0 Å². The van der Waals surface area contributed by atoms with Gasteiger partial charge < -0.3 is 19.9 Å². The van der Waals surface area contributed by atoms with Crippen LogP contribution in [0, 0.1) is 0 Å². The molecule has 0 aliphatic rings. The molecule has 0 saturated heterocycles. The number of unbranched alkanes of at least 4 members (excludes halogenated alkanes) is 1. The molecule has 0 spiro atoms. The van der Waals surface area contributed by atoms with Crippen LogP contribution >= 0.6 is 0 Å². The van der Waals surface area contributed by atoms with Crippen LogP contribution in [0.1, 0.15) is 39.4 Å². The number of guanidine groups is 1. The maximum absolute atomic E-state index is 5.32. The van der Waals surface area contributed by atoms with Gasteiger partial charge in [-0.1, -0.05) is 6.92 Å². The molecule has 0 radical (unpaired) electrons. The summed E-state index contributed by atoms with van der Waals surface area (Å²) in [5, 5.41) is 14.6. The van der Waals surface area contributed by atoms with Crippen LogP contribution < -0.4 is 10.6 Å². The number of nitrogens with one attached hydrogen (secondary N) is 2. The Morgan fingerprint density at radius 2 is 2.14 bits per heavy atom. The Morgan fingerprint density at radius 3 is 2.86 bits per heavy atom. The average Bonchev–Trinajstić information content (AvgIpc) is 2.98. The van der Waals surface area contributed by atoms with E-state index in [1.165, 1.54) is 0 Å². The lowest BCUT2D eigenvalue weighted by atomic mass is 10.3. The minimum atomic E-state index is 0.788. The summed E-state index contributed by atoms with van der Waals surface area (Å²) in [5.74, 6) is 1.88. The van der Waals surface area contributed by atoms with Gasteiger partial charge in [-0.25, -0.2) is 0 Å². The van der Waals surface area contributed by atoms with Gasteiger partial charge in [0, 0.05) is 45.8 Å². The molecule has 0 atom stereocenters. The molecule has 1 aromatic rings.